The number of rotatable bonds is 6. The van der Waals surface area contributed by atoms with Gasteiger partial charge in [-0.3, -0.25) is 0 Å². The Morgan fingerprint density at radius 2 is 1.60 bits per heavy atom. The maximum Gasteiger partial charge on any atom is 0.0218 e. The van der Waals surface area contributed by atoms with Gasteiger partial charge in [0.05, 0.1) is 0 Å². The molecule has 108 valence electrons. The normalized spacial score (nSPS) is 13.6. The molecule has 0 aliphatic rings. The molecule has 2 aromatic rings. The Bertz CT molecular complexity index is 549. The van der Waals surface area contributed by atoms with Crippen LogP contribution in [0.2, 0.25) is 0 Å². The maximum atomic E-state index is 6.75. The lowest BCUT2D eigenvalue weighted by molar-refractivity contribution is 0.306. The van der Waals surface area contributed by atoms with E-state index in [1.165, 1.54) is 22.8 Å². The lowest BCUT2D eigenvalue weighted by Crippen LogP contribution is -2.44. The van der Waals surface area contributed by atoms with Gasteiger partial charge in [0.25, 0.3) is 0 Å². The Hall–Kier alpha value is -1.34. The van der Waals surface area contributed by atoms with E-state index in [-0.39, 0.29) is 5.54 Å². The van der Waals surface area contributed by atoms with Gasteiger partial charge >= 0.3 is 0 Å². The van der Waals surface area contributed by atoms with Crippen molar-refractivity contribution in [2.45, 2.75) is 57.9 Å². The zero-order valence-corrected chi connectivity index (χ0v) is 13.0. The molecule has 0 saturated carbocycles. The van der Waals surface area contributed by atoms with Crippen molar-refractivity contribution in [3.63, 3.8) is 0 Å². The molecule has 1 heteroatoms. The van der Waals surface area contributed by atoms with Gasteiger partial charge in [-0.05, 0) is 35.6 Å². The molecule has 2 aromatic carbocycles. The molecule has 2 rings (SSSR count). The molecule has 0 fully saturated rings. The maximum absolute atomic E-state index is 6.75. The van der Waals surface area contributed by atoms with Crippen molar-refractivity contribution in [2.75, 3.05) is 0 Å². The van der Waals surface area contributed by atoms with Crippen LogP contribution in [0.1, 0.15) is 57.9 Å². The molecule has 2 N–H and O–H groups in total. The minimum Gasteiger partial charge on any atom is -0.325 e. The highest BCUT2D eigenvalue weighted by atomic mass is 14.8. The standard InChI is InChI=1S/C19H27N/c1-4-10-18(19(20,5-2)6-3)17-14-9-12-15-11-7-8-13-16(15)17/h7-9,11-14,18H,4-6,10,20H2,1-3H3. The summed E-state index contributed by atoms with van der Waals surface area (Å²) >= 11 is 0. The highest BCUT2D eigenvalue weighted by Gasteiger charge is 2.32. The van der Waals surface area contributed by atoms with Crippen LogP contribution < -0.4 is 5.73 Å². The summed E-state index contributed by atoms with van der Waals surface area (Å²) in [6.45, 7) is 6.69. The Kier molecular flexibility index (Phi) is 4.82. The zero-order valence-electron chi connectivity index (χ0n) is 13.0. The molecule has 0 aliphatic heterocycles. The molecule has 0 amide bonds. The number of fused-ring (bicyclic) bond motifs is 1. The molecule has 1 unspecified atom stereocenters. The van der Waals surface area contributed by atoms with Gasteiger partial charge in [-0.25, -0.2) is 0 Å². The van der Waals surface area contributed by atoms with Gasteiger partial charge in [0, 0.05) is 11.5 Å². The summed E-state index contributed by atoms with van der Waals surface area (Å²) in [6, 6.07) is 15.3. The first-order valence-electron chi connectivity index (χ1n) is 7.92. The fourth-order valence-corrected chi connectivity index (χ4v) is 3.34. The summed E-state index contributed by atoms with van der Waals surface area (Å²) in [7, 11) is 0. The van der Waals surface area contributed by atoms with Crippen LogP contribution in [0.15, 0.2) is 42.5 Å². The number of benzene rings is 2. The molecule has 0 radical (unpaired) electrons. The second-order valence-electron chi connectivity index (χ2n) is 5.85. The molecular formula is C19H27N. The monoisotopic (exact) mass is 269 g/mol. The summed E-state index contributed by atoms with van der Waals surface area (Å²) < 4.78 is 0. The van der Waals surface area contributed by atoms with E-state index >= 15 is 0 Å². The van der Waals surface area contributed by atoms with E-state index in [0.29, 0.717) is 5.92 Å². The van der Waals surface area contributed by atoms with Crippen LogP contribution in [-0.2, 0) is 0 Å². The average molecular weight is 269 g/mol. The van der Waals surface area contributed by atoms with Gasteiger partial charge in [-0.1, -0.05) is 69.7 Å². The minimum absolute atomic E-state index is 0.0971. The predicted octanol–water partition coefficient (Wildman–Crippen LogP) is 5.24. The average Bonchev–Trinajstić information content (AvgIpc) is 2.51. The summed E-state index contributed by atoms with van der Waals surface area (Å²) in [5, 5.41) is 2.69. The number of nitrogens with two attached hydrogens (primary N) is 1. The van der Waals surface area contributed by atoms with Crippen LogP contribution >= 0.6 is 0 Å². The molecule has 0 aromatic heterocycles. The van der Waals surface area contributed by atoms with Crippen molar-refractivity contribution in [3.8, 4) is 0 Å². The largest absolute Gasteiger partial charge is 0.325 e. The lowest BCUT2D eigenvalue weighted by atomic mass is 9.73. The first-order valence-corrected chi connectivity index (χ1v) is 7.92. The second kappa shape index (κ2) is 6.41. The third-order valence-corrected chi connectivity index (χ3v) is 4.79. The molecule has 0 aliphatic carbocycles. The zero-order chi connectivity index (χ0) is 14.6. The van der Waals surface area contributed by atoms with Gasteiger partial charge in [0.15, 0.2) is 0 Å². The minimum atomic E-state index is -0.0971. The Labute approximate surface area is 123 Å². The van der Waals surface area contributed by atoms with Gasteiger partial charge < -0.3 is 5.73 Å². The topological polar surface area (TPSA) is 26.0 Å². The summed E-state index contributed by atoms with van der Waals surface area (Å²) in [6.07, 6.45) is 4.38. The van der Waals surface area contributed by atoms with Crippen LogP contribution in [0.3, 0.4) is 0 Å². The number of hydrogen-bond donors (Lipinski definition) is 1. The fraction of sp³-hybridized carbons (Fsp3) is 0.474. The van der Waals surface area contributed by atoms with Crippen molar-refractivity contribution < 1.29 is 0 Å². The Morgan fingerprint density at radius 1 is 0.950 bits per heavy atom. The number of hydrogen-bond acceptors (Lipinski definition) is 1. The predicted molar refractivity (Wildman–Crippen MR) is 89.1 cm³/mol. The van der Waals surface area contributed by atoms with Gasteiger partial charge in [-0.15, -0.1) is 0 Å². The van der Waals surface area contributed by atoms with E-state index in [4.69, 9.17) is 5.73 Å². The van der Waals surface area contributed by atoms with E-state index in [1.807, 2.05) is 0 Å². The summed E-state index contributed by atoms with van der Waals surface area (Å²) in [5.74, 6) is 0.439. The highest BCUT2D eigenvalue weighted by molar-refractivity contribution is 5.86. The van der Waals surface area contributed by atoms with Crippen molar-refractivity contribution >= 4 is 10.8 Å². The molecule has 20 heavy (non-hydrogen) atoms. The van der Waals surface area contributed by atoms with E-state index in [0.717, 1.165) is 19.3 Å². The molecule has 0 spiro atoms. The van der Waals surface area contributed by atoms with E-state index in [2.05, 4.69) is 63.2 Å². The molecule has 1 atom stereocenters. The Morgan fingerprint density at radius 3 is 2.25 bits per heavy atom. The van der Waals surface area contributed by atoms with Crippen LogP contribution in [0, 0.1) is 0 Å². The van der Waals surface area contributed by atoms with E-state index < -0.39 is 0 Å². The third-order valence-electron chi connectivity index (χ3n) is 4.79. The molecule has 0 heterocycles. The first kappa shape index (κ1) is 15.1. The van der Waals surface area contributed by atoms with Crippen molar-refractivity contribution in [1.82, 2.24) is 0 Å². The summed E-state index contributed by atoms with van der Waals surface area (Å²) in [5.41, 5.74) is 8.08. The molecule has 0 bridgehead atoms. The van der Waals surface area contributed by atoms with Crippen molar-refractivity contribution in [2.24, 2.45) is 5.73 Å². The molecular weight excluding hydrogens is 242 g/mol. The van der Waals surface area contributed by atoms with E-state index in [1.54, 1.807) is 0 Å². The quantitative estimate of drug-likeness (QED) is 0.762. The van der Waals surface area contributed by atoms with E-state index in [9.17, 15) is 0 Å². The molecule has 0 saturated heterocycles. The first-order chi connectivity index (χ1) is 9.66. The van der Waals surface area contributed by atoms with Crippen molar-refractivity contribution in [1.29, 1.82) is 0 Å². The van der Waals surface area contributed by atoms with Gasteiger partial charge in [-0.2, -0.15) is 0 Å². The molecule has 1 nitrogen and oxygen atoms in total. The highest BCUT2D eigenvalue weighted by Crippen LogP contribution is 2.38. The van der Waals surface area contributed by atoms with Crippen LogP contribution in [0.25, 0.3) is 10.8 Å². The SMILES string of the molecule is CCCC(c1cccc2ccccc12)C(N)(CC)CC. The third kappa shape index (κ3) is 2.73. The van der Waals surface area contributed by atoms with Crippen LogP contribution in [0.5, 0.6) is 0 Å². The smallest absolute Gasteiger partial charge is 0.0218 e. The second-order valence-corrected chi connectivity index (χ2v) is 5.85. The lowest BCUT2D eigenvalue weighted by Gasteiger charge is -2.37. The fourth-order valence-electron chi connectivity index (χ4n) is 3.34. The Balaban J connectivity index is 2.57. The van der Waals surface area contributed by atoms with Gasteiger partial charge in [0.1, 0.15) is 0 Å². The van der Waals surface area contributed by atoms with Crippen LogP contribution in [0.4, 0.5) is 0 Å². The summed E-state index contributed by atoms with van der Waals surface area (Å²) in [4.78, 5) is 0. The van der Waals surface area contributed by atoms with Crippen molar-refractivity contribution in [3.05, 3.63) is 48.0 Å². The van der Waals surface area contributed by atoms with Gasteiger partial charge in [0.2, 0.25) is 0 Å². The van der Waals surface area contributed by atoms with Crippen LogP contribution in [-0.4, -0.2) is 5.54 Å².